The van der Waals surface area contributed by atoms with Crippen LogP contribution in [0.5, 0.6) is 0 Å². The van der Waals surface area contributed by atoms with Crippen molar-refractivity contribution in [2.45, 2.75) is 0 Å². The summed E-state index contributed by atoms with van der Waals surface area (Å²) in [5.41, 5.74) is 1.66. The average molecular weight is 243 g/mol. The van der Waals surface area contributed by atoms with Gasteiger partial charge in [0.1, 0.15) is 0 Å². The zero-order chi connectivity index (χ0) is 12.8. The maximum absolute atomic E-state index is 9.82. The van der Waals surface area contributed by atoms with Gasteiger partial charge in [-0.05, 0) is 7.05 Å². The van der Waals surface area contributed by atoms with Crippen LogP contribution < -0.4 is 0 Å². The Bertz CT molecular complexity index is 363. The molecule has 94 valence electrons. The molecule has 0 bridgehead atoms. The molecule has 8 heteroatoms. The van der Waals surface area contributed by atoms with Crippen molar-refractivity contribution in [3.8, 4) is 0 Å². The van der Waals surface area contributed by atoms with Crippen LogP contribution >= 0.6 is 0 Å². The van der Waals surface area contributed by atoms with E-state index in [1.54, 1.807) is 0 Å². The quantitative estimate of drug-likeness (QED) is 0.510. The highest BCUT2D eigenvalue weighted by atomic mass is 16.6. The number of nitro groups is 2. The predicted molar refractivity (Wildman–Crippen MR) is 58.5 cm³/mol. The minimum atomic E-state index is -0.460. The van der Waals surface area contributed by atoms with E-state index in [0.717, 1.165) is 36.6 Å². The maximum atomic E-state index is 9.82. The number of hydrogen-bond donors (Lipinski definition) is 0. The molecule has 0 radical (unpaired) electrons. The predicted octanol–water partition coefficient (Wildman–Crippen LogP) is 0.270. The number of likely N-dealkylation sites (tertiary alicyclic amines) is 1. The first-order chi connectivity index (χ1) is 7.97. The summed E-state index contributed by atoms with van der Waals surface area (Å²) in [6.45, 7) is 2.37. The summed E-state index contributed by atoms with van der Waals surface area (Å²) < 4.78 is 4.66. The standard InChI is InChI=1S/C5H8N2O2.C4H5NO3/c1-6-2-5(3-6)4-7(8)9;6-5(7)1-4-2-8-3-4/h4H,2-3H2,1H3;1H,2-3H2. The SMILES string of the molecule is CN1CC(=C[N+](=O)[O-])C1.O=[N+]([O-])C=C1COC1. The van der Waals surface area contributed by atoms with Crippen molar-refractivity contribution in [1.29, 1.82) is 0 Å². The minimum absolute atomic E-state index is 0.400. The van der Waals surface area contributed by atoms with Gasteiger partial charge < -0.3 is 4.74 Å². The van der Waals surface area contributed by atoms with E-state index in [4.69, 9.17) is 0 Å². The summed E-state index contributed by atoms with van der Waals surface area (Å²) in [4.78, 5) is 20.6. The first kappa shape index (κ1) is 13.3. The summed E-state index contributed by atoms with van der Waals surface area (Å²) in [6.07, 6.45) is 2.07. The van der Waals surface area contributed by atoms with E-state index in [0.29, 0.717) is 13.2 Å². The van der Waals surface area contributed by atoms with Gasteiger partial charge in [0, 0.05) is 18.7 Å². The first-order valence-electron chi connectivity index (χ1n) is 4.90. The lowest BCUT2D eigenvalue weighted by atomic mass is 10.1. The molecule has 0 amide bonds. The highest BCUT2D eigenvalue weighted by molar-refractivity contribution is 5.11. The minimum Gasteiger partial charge on any atom is -0.372 e. The molecule has 0 aliphatic carbocycles. The Kier molecular flexibility index (Phi) is 4.73. The van der Waals surface area contributed by atoms with Gasteiger partial charge in [-0.25, -0.2) is 0 Å². The van der Waals surface area contributed by atoms with E-state index in [9.17, 15) is 20.2 Å². The van der Waals surface area contributed by atoms with E-state index in [-0.39, 0.29) is 0 Å². The molecule has 2 aliphatic rings. The van der Waals surface area contributed by atoms with Gasteiger partial charge in [-0.3, -0.25) is 25.1 Å². The number of nitrogens with zero attached hydrogens (tertiary/aromatic N) is 3. The van der Waals surface area contributed by atoms with Crippen LogP contribution in [0.1, 0.15) is 0 Å². The Hall–Kier alpha value is -1.80. The largest absolute Gasteiger partial charge is 0.372 e. The molecule has 0 aromatic rings. The van der Waals surface area contributed by atoms with Gasteiger partial charge in [0.15, 0.2) is 0 Å². The summed E-state index contributed by atoms with van der Waals surface area (Å²) in [7, 11) is 1.93. The van der Waals surface area contributed by atoms with Gasteiger partial charge in [-0.2, -0.15) is 0 Å². The Balaban J connectivity index is 0.000000171. The molecular weight excluding hydrogens is 230 g/mol. The zero-order valence-electron chi connectivity index (χ0n) is 9.37. The molecule has 0 unspecified atom stereocenters. The highest BCUT2D eigenvalue weighted by Gasteiger charge is 2.17. The van der Waals surface area contributed by atoms with E-state index < -0.39 is 9.85 Å². The van der Waals surface area contributed by atoms with E-state index in [1.165, 1.54) is 0 Å². The third-order valence-electron chi connectivity index (χ3n) is 2.10. The van der Waals surface area contributed by atoms with Crippen LogP contribution in [0.3, 0.4) is 0 Å². The van der Waals surface area contributed by atoms with E-state index >= 15 is 0 Å². The Labute approximate surface area is 97.5 Å². The normalized spacial score (nSPS) is 18.2. The fourth-order valence-electron chi connectivity index (χ4n) is 1.32. The van der Waals surface area contributed by atoms with Crippen LogP contribution in [-0.4, -0.2) is 48.1 Å². The molecule has 0 spiro atoms. The second kappa shape index (κ2) is 6.06. The Morgan fingerprint density at radius 3 is 1.82 bits per heavy atom. The van der Waals surface area contributed by atoms with Crippen LogP contribution in [0.2, 0.25) is 0 Å². The van der Waals surface area contributed by atoms with Crippen molar-refractivity contribution < 1.29 is 14.6 Å². The van der Waals surface area contributed by atoms with E-state index in [2.05, 4.69) is 4.74 Å². The zero-order valence-corrected chi connectivity index (χ0v) is 9.37. The molecule has 2 saturated heterocycles. The molecule has 0 aromatic heterocycles. The molecule has 0 N–H and O–H groups in total. The fourth-order valence-corrected chi connectivity index (χ4v) is 1.32. The molecular formula is C9H13N3O5. The molecule has 0 aromatic carbocycles. The molecule has 2 rings (SSSR count). The third-order valence-corrected chi connectivity index (χ3v) is 2.10. The number of hydrogen-bond acceptors (Lipinski definition) is 6. The van der Waals surface area contributed by atoms with Gasteiger partial charge in [-0.15, -0.1) is 0 Å². The first-order valence-corrected chi connectivity index (χ1v) is 4.90. The number of likely N-dealkylation sites (N-methyl/N-ethyl adjacent to an activating group) is 1. The van der Waals surface area contributed by atoms with Crippen LogP contribution in [0.25, 0.3) is 0 Å². The Morgan fingerprint density at radius 1 is 1.12 bits per heavy atom. The van der Waals surface area contributed by atoms with Crippen molar-refractivity contribution in [2.24, 2.45) is 0 Å². The van der Waals surface area contributed by atoms with Crippen molar-refractivity contribution in [1.82, 2.24) is 4.90 Å². The topological polar surface area (TPSA) is 98.8 Å². The smallest absolute Gasteiger partial charge is 0.238 e. The second-order valence-corrected chi connectivity index (χ2v) is 3.81. The lowest BCUT2D eigenvalue weighted by molar-refractivity contribution is -0.404. The van der Waals surface area contributed by atoms with Crippen molar-refractivity contribution in [2.75, 3.05) is 33.4 Å². The molecule has 8 nitrogen and oxygen atoms in total. The molecule has 0 saturated carbocycles. The van der Waals surface area contributed by atoms with Crippen molar-refractivity contribution in [3.05, 3.63) is 43.8 Å². The summed E-state index contributed by atoms with van der Waals surface area (Å²) in [5, 5.41) is 19.5. The second-order valence-electron chi connectivity index (χ2n) is 3.81. The van der Waals surface area contributed by atoms with Crippen molar-refractivity contribution >= 4 is 0 Å². The summed E-state index contributed by atoms with van der Waals surface area (Å²) in [6, 6.07) is 0. The molecule has 17 heavy (non-hydrogen) atoms. The van der Waals surface area contributed by atoms with Gasteiger partial charge in [0.25, 0.3) is 0 Å². The summed E-state index contributed by atoms with van der Waals surface area (Å²) in [5.74, 6) is 0. The maximum Gasteiger partial charge on any atom is 0.238 e. The Morgan fingerprint density at radius 2 is 1.59 bits per heavy atom. The van der Waals surface area contributed by atoms with Crippen LogP contribution in [0, 0.1) is 20.2 Å². The molecule has 2 aliphatic heterocycles. The lowest BCUT2D eigenvalue weighted by Gasteiger charge is -2.27. The monoisotopic (exact) mass is 243 g/mol. The number of ether oxygens (including phenoxy) is 1. The lowest BCUT2D eigenvalue weighted by Crippen LogP contribution is -2.36. The third kappa shape index (κ3) is 5.18. The number of rotatable bonds is 2. The van der Waals surface area contributed by atoms with Crippen LogP contribution in [-0.2, 0) is 4.74 Å². The van der Waals surface area contributed by atoms with Gasteiger partial charge >= 0.3 is 0 Å². The molecule has 2 fully saturated rings. The van der Waals surface area contributed by atoms with Gasteiger partial charge in [0.2, 0.25) is 12.4 Å². The fraction of sp³-hybridized carbons (Fsp3) is 0.556. The van der Waals surface area contributed by atoms with Crippen molar-refractivity contribution in [3.63, 3.8) is 0 Å². The van der Waals surface area contributed by atoms with Gasteiger partial charge in [-0.1, -0.05) is 0 Å². The molecule has 0 atom stereocenters. The highest BCUT2D eigenvalue weighted by Crippen LogP contribution is 2.09. The van der Waals surface area contributed by atoms with Crippen LogP contribution in [0.4, 0.5) is 0 Å². The van der Waals surface area contributed by atoms with E-state index in [1.807, 2.05) is 11.9 Å². The van der Waals surface area contributed by atoms with Crippen LogP contribution in [0.15, 0.2) is 23.5 Å². The summed E-state index contributed by atoms with van der Waals surface area (Å²) >= 11 is 0. The molecule has 2 heterocycles. The average Bonchev–Trinajstić information content (AvgIpc) is 2.09. The van der Waals surface area contributed by atoms with Gasteiger partial charge in [0.05, 0.1) is 28.6 Å².